The molecule has 1 saturated carbocycles. The Labute approximate surface area is 149 Å². The SMILES string of the molecule is CN(CCCN1CCCC1)C(=O)Nc1cccc(C(=O)NC2CC2)c1. The molecule has 1 saturated heterocycles. The van der Waals surface area contributed by atoms with Crippen molar-refractivity contribution in [2.24, 2.45) is 0 Å². The molecule has 0 spiro atoms. The van der Waals surface area contributed by atoms with Gasteiger partial charge in [-0.2, -0.15) is 0 Å². The van der Waals surface area contributed by atoms with Crippen molar-refractivity contribution in [2.45, 2.75) is 38.1 Å². The maximum atomic E-state index is 12.3. The maximum Gasteiger partial charge on any atom is 0.321 e. The summed E-state index contributed by atoms with van der Waals surface area (Å²) in [5.41, 5.74) is 1.24. The van der Waals surface area contributed by atoms with Crippen molar-refractivity contribution in [3.05, 3.63) is 29.8 Å². The maximum absolute atomic E-state index is 12.3. The molecule has 3 amide bonds. The molecule has 6 heteroatoms. The van der Waals surface area contributed by atoms with Gasteiger partial charge >= 0.3 is 6.03 Å². The number of likely N-dealkylation sites (tertiary alicyclic amines) is 1. The van der Waals surface area contributed by atoms with Gasteiger partial charge in [0, 0.05) is 30.9 Å². The Morgan fingerprint density at radius 2 is 2.00 bits per heavy atom. The van der Waals surface area contributed by atoms with E-state index in [1.165, 1.54) is 25.9 Å². The highest BCUT2D eigenvalue weighted by Gasteiger charge is 2.23. The molecule has 0 unspecified atom stereocenters. The summed E-state index contributed by atoms with van der Waals surface area (Å²) in [4.78, 5) is 28.6. The van der Waals surface area contributed by atoms with E-state index in [-0.39, 0.29) is 11.9 Å². The zero-order valence-electron chi connectivity index (χ0n) is 15.0. The standard InChI is InChI=1S/C19H28N4O2/c1-22(10-5-13-23-11-2-3-12-23)19(25)21-17-7-4-6-15(14-17)18(24)20-16-8-9-16/h4,6-7,14,16H,2-3,5,8-13H2,1H3,(H,20,24)(H,21,25). The van der Waals surface area contributed by atoms with Gasteiger partial charge < -0.3 is 20.4 Å². The van der Waals surface area contributed by atoms with Crippen LogP contribution in [0, 0.1) is 0 Å². The van der Waals surface area contributed by atoms with Crippen molar-refractivity contribution in [3.8, 4) is 0 Å². The van der Waals surface area contributed by atoms with Gasteiger partial charge in [-0.25, -0.2) is 4.79 Å². The first-order chi connectivity index (χ1) is 12.1. The second kappa shape index (κ2) is 8.34. The number of amides is 3. The van der Waals surface area contributed by atoms with E-state index in [1.807, 2.05) is 13.1 Å². The van der Waals surface area contributed by atoms with Gasteiger partial charge in [0.05, 0.1) is 0 Å². The lowest BCUT2D eigenvalue weighted by Gasteiger charge is -2.20. The van der Waals surface area contributed by atoms with Crippen LogP contribution in [0.5, 0.6) is 0 Å². The minimum Gasteiger partial charge on any atom is -0.349 e. The molecular formula is C19H28N4O2. The molecule has 1 aromatic rings. The third-order valence-electron chi connectivity index (χ3n) is 4.80. The molecular weight excluding hydrogens is 316 g/mol. The van der Waals surface area contributed by atoms with Crippen molar-refractivity contribution in [1.29, 1.82) is 0 Å². The van der Waals surface area contributed by atoms with Crippen molar-refractivity contribution >= 4 is 17.6 Å². The van der Waals surface area contributed by atoms with E-state index in [2.05, 4.69) is 15.5 Å². The molecule has 0 aromatic heterocycles. The van der Waals surface area contributed by atoms with E-state index in [4.69, 9.17) is 0 Å². The van der Waals surface area contributed by atoms with Crippen molar-refractivity contribution in [2.75, 3.05) is 38.5 Å². The summed E-state index contributed by atoms with van der Waals surface area (Å²) >= 11 is 0. The highest BCUT2D eigenvalue weighted by atomic mass is 16.2. The summed E-state index contributed by atoms with van der Waals surface area (Å²) in [7, 11) is 1.81. The predicted octanol–water partition coefficient (Wildman–Crippen LogP) is 2.53. The fourth-order valence-electron chi connectivity index (χ4n) is 3.09. The first kappa shape index (κ1) is 17.7. The van der Waals surface area contributed by atoms with E-state index in [0.29, 0.717) is 17.3 Å². The Kier molecular flexibility index (Phi) is 5.91. The van der Waals surface area contributed by atoms with Gasteiger partial charge in [-0.1, -0.05) is 6.07 Å². The molecule has 25 heavy (non-hydrogen) atoms. The van der Waals surface area contributed by atoms with E-state index >= 15 is 0 Å². The molecule has 1 aliphatic heterocycles. The molecule has 2 aliphatic rings. The number of urea groups is 1. The smallest absolute Gasteiger partial charge is 0.321 e. The Balaban J connectivity index is 1.45. The first-order valence-corrected chi connectivity index (χ1v) is 9.27. The van der Waals surface area contributed by atoms with Crippen molar-refractivity contribution in [1.82, 2.24) is 15.1 Å². The molecule has 0 bridgehead atoms. The number of hydrogen-bond donors (Lipinski definition) is 2. The van der Waals surface area contributed by atoms with Crippen LogP contribution < -0.4 is 10.6 Å². The van der Waals surface area contributed by atoms with Crippen LogP contribution in [-0.2, 0) is 0 Å². The number of nitrogens with one attached hydrogen (secondary N) is 2. The third kappa shape index (κ3) is 5.46. The minimum atomic E-state index is -0.138. The quantitative estimate of drug-likeness (QED) is 0.799. The number of nitrogens with zero attached hydrogens (tertiary/aromatic N) is 2. The molecule has 0 radical (unpaired) electrons. The first-order valence-electron chi connectivity index (χ1n) is 9.27. The third-order valence-corrected chi connectivity index (χ3v) is 4.80. The average Bonchev–Trinajstić information content (AvgIpc) is 3.26. The molecule has 1 aromatic carbocycles. The Hall–Kier alpha value is -2.08. The average molecular weight is 344 g/mol. The number of benzene rings is 1. The van der Waals surface area contributed by atoms with Crippen molar-refractivity contribution < 1.29 is 9.59 Å². The van der Waals surface area contributed by atoms with Crippen LogP contribution in [0.25, 0.3) is 0 Å². The lowest BCUT2D eigenvalue weighted by molar-refractivity contribution is 0.0951. The second-order valence-electron chi connectivity index (χ2n) is 7.08. The highest BCUT2D eigenvalue weighted by Crippen LogP contribution is 2.20. The van der Waals surface area contributed by atoms with E-state index in [1.54, 1.807) is 23.1 Å². The van der Waals surface area contributed by atoms with Crippen LogP contribution in [0.3, 0.4) is 0 Å². The molecule has 136 valence electrons. The van der Waals surface area contributed by atoms with Crippen molar-refractivity contribution in [3.63, 3.8) is 0 Å². The summed E-state index contributed by atoms with van der Waals surface area (Å²) in [5.74, 6) is -0.0717. The zero-order chi connectivity index (χ0) is 17.6. The Morgan fingerprint density at radius 1 is 1.24 bits per heavy atom. The minimum absolute atomic E-state index is 0.0717. The van der Waals surface area contributed by atoms with Gasteiger partial charge in [-0.15, -0.1) is 0 Å². The van der Waals surface area contributed by atoms with Crippen LogP contribution in [0.4, 0.5) is 10.5 Å². The zero-order valence-corrected chi connectivity index (χ0v) is 15.0. The largest absolute Gasteiger partial charge is 0.349 e. The summed E-state index contributed by atoms with van der Waals surface area (Å²) in [6.45, 7) is 4.15. The fourth-order valence-corrected chi connectivity index (χ4v) is 3.09. The monoisotopic (exact) mass is 344 g/mol. The molecule has 0 atom stereocenters. The molecule has 2 fully saturated rings. The Morgan fingerprint density at radius 3 is 2.72 bits per heavy atom. The number of hydrogen-bond acceptors (Lipinski definition) is 3. The van der Waals surface area contributed by atoms with E-state index in [9.17, 15) is 9.59 Å². The molecule has 6 nitrogen and oxygen atoms in total. The van der Waals surface area contributed by atoms with Gasteiger partial charge in [0.25, 0.3) is 5.91 Å². The summed E-state index contributed by atoms with van der Waals surface area (Å²) in [5, 5.41) is 5.84. The van der Waals surface area contributed by atoms with Gasteiger partial charge in [0.1, 0.15) is 0 Å². The number of anilines is 1. The normalized spacial score (nSPS) is 17.3. The van der Waals surface area contributed by atoms with Crippen LogP contribution in [0.15, 0.2) is 24.3 Å². The van der Waals surface area contributed by atoms with Crippen LogP contribution in [-0.4, -0.2) is 61.0 Å². The summed E-state index contributed by atoms with van der Waals surface area (Å²) in [6.07, 6.45) is 5.69. The second-order valence-corrected chi connectivity index (χ2v) is 7.08. The molecule has 1 heterocycles. The highest BCUT2D eigenvalue weighted by molar-refractivity contribution is 5.97. The molecule has 1 aliphatic carbocycles. The summed E-state index contributed by atoms with van der Waals surface area (Å²) < 4.78 is 0. The molecule has 2 N–H and O–H groups in total. The lowest BCUT2D eigenvalue weighted by atomic mass is 10.2. The van der Waals surface area contributed by atoms with Crippen LogP contribution >= 0.6 is 0 Å². The van der Waals surface area contributed by atoms with Gasteiger partial charge in [0.15, 0.2) is 0 Å². The van der Waals surface area contributed by atoms with E-state index < -0.39 is 0 Å². The van der Waals surface area contributed by atoms with Crippen LogP contribution in [0.1, 0.15) is 42.5 Å². The Bertz CT molecular complexity index is 609. The number of rotatable bonds is 7. The van der Waals surface area contributed by atoms with Crippen LogP contribution in [0.2, 0.25) is 0 Å². The number of carbonyl (C=O) groups is 2. The lowest BCUT2D eigenvalue weighted by Crippen LogP contribution is -2.34. The fraction of sp³-hybridized carbons (Fsp3) is 0.579. The van der Waals surface area contributed by atoms with Gasteiger partial charge in [-0.3, -0.25) is 4.79 Å². The summed E-state index contributed by atoms with van der Waals surface area (Å²) in [6, 6.07) is 7.30. The predicted molar refractivity (Wildman–Crippen MR) is 98.9 cm³/mol. The molecule has 3 rings (SSSR count). The van der Waals surface area contributed by atoms with Gasteiger partial charge in [-0.05, 0) is 69.9 Å². The topological polar surface area (TPSA) is 64.7 Å². The van der Waals surface area contributed by atoms with E-state index in [0.717, 1.165) is 32.4 Å². The van der Waals surface area contributed by atoms with Gasteiger partial charge in [0.2, 0.25) is 0 Å². The number of carbonyl (C=O) groups excluding carboxylic acids is 2.